The molecule has 2 nitrogen and oxygen atoms in total. The average molecular weight is 338 g/mol. The van der Waals surface area contributed by atoms with E-state index in [-0.39, 0.29) is 5.78 Å². The highest BCUT2D eigenvalue weighted by atomic mass is 127. The molecule has 0 aromatic heterocycles. The highest BCUT2D eigenvalue weighted by Crippen LogP contribution is 2.23. The van der Waals surface area contributed by atoms with Crippen LogP contribution in [0.25, 0.3) is 0 Å². The molecule has 0 spiro atoms. The van der Waals surface area contributed by atoms with Crippen LogP contribution in [0.5, 0.6) is 11.5 Å². The number of benzene rings is 2. The first-order valence-electron chi connectivity index (χ1n) is 5.19. The maximum absolute atomic E-state index is 11.2. The van der Waals surface area contributed by atoms with E-state index in [4.69, 9.17) is 4.74 Å². The average Bonchev–Trinajstić information content (AvgIpc) is 2.29. The van der Waals surface area contributed by atoms with Crippen LogP contribution in [0.2, 0.25) is 0 Å². The summed E-state index contributed by atoms with van der Waals surface area (Å²) in [5, 5.41) is 0. The molecular weight excluding hydrogens is 327 g/mol. The Labute approximate surface area is 114 Å². The van der Waals surface area contributed by atoms with Gasteiger partial charge in [-0.25, -0.2) is 0 Å². The Balaban J connectivity index is 2.24. The monoisotopic (exact) mass is 338 g/mol. The molecule has 0 heterocycles. The number of ether oxygens (including phenoxy) is 1. The van der Waals surface area contributed by atoms with Crippen molar-refractivity contribution >= 4 is 28.4 Å². The zero-order valence-electron chi connectivity index (χ0n) is 9.31. The van der Waals surface area contributed by atoms with Crippen molar-refractivity contribution in [2.75, 3.05) is 0 Å². The third kappa shape index (κ3) is 3.30. The smallest absolute Gasteiger partial charge is 0.159 e. The Kier molecular flexibility index (Phi) is 3.78. The van der Waals surface area contributed by atoms with E-state index in [1.54, 1.807) is 19.1 Å². The third-order valence-electron chi connectivity index (χ3n) is 2.27. The second kappa shape index (κ2) is 5.31. The van der Waals surface area contributed by atoms with Gasteiger partial charge in [0.2, 0.25) is 0 Å². The fraction of sp³-hybridized carbons (Fsp3) is 0.0714. The summed E-state index contributed by atoms with van der Waals surface area (Å²) >= 11 is 2.23. The molecule has 2 aromatic rings. The lowest BCUT2D eigenvalue weighted by Crippen LogP contribution is -1.92. The quantitative estimate of drug-likeness (QED) is 0.617. The van der Waals surface area contributed by atoms with Crippen molar-refractivity contribution in [3.05, 3.63) is 57.7 Å². The number of Topliss-reactive ketones (excluding diaryl/α,β-unsaturated/α-hetero) is 1. The van der Waals surface area contributed by atoms with Gasteiger partial charge in [-0.2, -0.15) is 0 Å². The number of hydrogen-bond donors (Lipinski definition) is 0. The molecule has 3 heteroatoms. The fourth-order valence-corrected chi connectivity index (χ4v) is 1.96. The minimum absolute atomic E-state index is 0.0399. The van der Waals surface area contributed by atoms with Crippen LogP contribution in [0.1, 0.15) is 17.3 Å². The Hall–Kier alpha value is -1.36. The van der Waals surface area contributed by atoms with Gasteiger partial charge in [-0.15, -0.1) is 0 Å². The SMILES string of the molecule is CC(=O)c1cccc(Oc2cccc(I)c2)c1. The standard InChI is InChI=1S/C14H11IO2/c1-10(16)11-4-2-6-13(8-11)17-14-7-3-5-12(15)9-14/h2-9H,1H3. The summed E-state index contributed by atoms with van der Waals surface area (Å²) in [5.41, 5.74) is 0.660. The topological polar surface area (TPSA) is 26.3 Å². The molecule has 0 unspecified atom stereocenters. The Bertz CT molecular complexity index is 549. The normalized spacial score (nSPS) is 10.0. The van der Waals surface area contributed by atoms with Gasteiger partial charge in [0.05, 0.1) is 0 Å². The third-order valence-corrected chi connectivity index (χ3v) is 2.94. The molecule has 2 aromatic carbocycles. The van der Waals surface area contributed by atoms with Crippen molar-refractivity contribution in [1.82, 2.24) is 0 Å². The van der Waals surface area contributed by atoms with Crippen LogP contribution in [0.4, 0.5) is 0 Å². The van der Waals surface area contributed by atoms with Crippen LogP contribution in [0.15, 0.2) is 48.5 Å². The van der Waals surface area contributed by atoms with Crippen molar-refractivity contribution in [3.8, 4) is 11.5 Å². The molecule has 17 heavy (non-hydrogen) atoms. The van der Waals surface area contributed by atoms with Crippen molar-refractivity contribution < 1.29 is 9.53 Å². The number of hydrogen-bond acceptors (Lipinski definition) is 2. The van der Waals surface area contributed by atoms with E-state index < -0.39 is 0 Å². The van der Waals surface area contributed by atoms with Gasteiger partial charge in [0, 0.05) is 9.13 Å². The maximum Gasteiger partial charge on any atom is 0.159 e. The van der Waals surface area contributed by atoms with E-state index >= 15 is 0 Å². The minimum atomic E-state index is 0.0399. The van der Waals surface area contributed by atoms with Crippen LogP contribution in [0.3, 0.4) is 0 Å². The van der Waals surface area contributed by atoms with Crippen molar-refractivity contribution in [2.24, 2.45) is 0 Å². The van der Waals surface area contributed by atoms with E-state index in [9.17, 15) is 4.79 Å². The molecule has 2 rings (SSSR count). The first-order chi connectivity index (χ1) is 8.15. The van der Waals surface area contributed by atoms with Crippen LogP contribution < -0.4 is 4.74 Å². The molecule has 0 bridgehead atoms. The van der Waals surface area contributed by atoms with Crippen LogP contribution >= 0.6 is 22.6 Å². The number of carbonyl (C=O) groups is 1. The van der Waals surface area contributed by atoms with Gasteiger partial charge in [0.1, 0.15) is 11.5 Å². The molecule has 86 valence electrons. The predicted octanol–water partition coefficient (Wildman–Crippen LogP) is 4.29. The fourth-order valence-electron chi connectivity index (χ4n) is 1.45. The second-order valence-electron chi connectivity index (χ2n) is 3.64. The molecule has 0 atom stereocenters. The number of ketones is 1. The van der Waals surface area contributed by atoms with E-state index in [1.807, 2.05) is 36.4 Å². The van der Waals surface area contributed by atoms with Crippen molar-refractivity contribution in [3.63, 3.8) is 0 Å². The van der Waals surface area contributed by atoms with Gasteiger partial charge in [-0.1, -0.05) is 18.2 Å². The molecule has 0 amide bonds. The van der Waals surface area contributed by atoms with Gasteiger partial charge in [-0.3, -0.25) is 4.79 Å². The summed E-state index contributed by atoms with van der Waals surface area (Å²) in [5.74, 6) is 1.50. The van der Waals surface area contributed by atoms with Gasteiger partial charge < -0.3 is 4.74 Å². The van der Waals surface area contributed by atoms with E-state index in [2.05, 4.69) is 22.6 Å². The number of rotatable bonds is 3. The van der Waals surface area contributed by atoms with E-state index in [0.29, 0.717) is 11.3 Å². The lowest BCUT2D eigenvalue weighted by atomic mass is 10.1. The second-order valence-corrected chi connectivity index (χ2v) is 4.89. The van der Waals surface area contributed by atoms with Gasteiger partial charge in [-0.05, 0) is 59.8 Å². The van der Waals surface area contributed by atoms with E-state index in [0.717, 1.165) is 9.32 Å². The first kappa shape index (κ1) is 12.1. The summed E-state index contributed by atoms with van der Waals surface area (Å²) < 4.78 is 6.81. The van der Waals surface area contributed by atoms with Gasteiger partial charge >= 0.3 is 0 Å². The zero-order chi connectivity index (χ0) is 12.3. The first-order valence-corrected chi connectivity index (χ1v) is 6.27. The summed E-state index contributed by atoms with van der Waals surface area (Å²) in [6.07, 6.45) is 0. The number of halogens is 1. The van der Waals surface area contributed by atoms with Gasteiger partial charge in [0.15, 0.2) is 5.78 Å². The summed E-state index contributed by atoms with van der Waals surface area (Å²) in [6.45, 7) is 1.55. The van der Waals surface area contributed by atoms with Crippen LogP contribution in [0, 0.1) is 3.57 Å². The lowest BCUT2D eigenvalue weighted by Gasteiger charge is -2.06. The molecule has 0 aliphatic carbocycles. The highest BCUT2D eigenvalue weighted by molar-refractivity contribution is 14.1. The molecule has 0 saturated carbocycles. The Morgan fingerprint density at radius 1 is 1.06 bits per heavy atom. The molecule has 0 aliphatic rings. The number of carbonyl (C=O) groups excluding carboxylic acids is 1. The lowest BCUT2D eigenvalue weighted by molar-refractivity contribution is 0.101. The minimum Gasteiger partial charge on any atom is -0.457 e. The Morgan fingerprint density at radius 3 is 2.35 bits per heavy atom. The highest BCUT2D eigenvalue weighted by Gasteiger charge is 2.02. The summed E-state index contributed by atoms with van der Waals surface area (Å²) in [7, 11) is 0. The molecular formula is C14H11IO2. The predicted molar refractivity (Wildman–Crippen MR) is 75.7 cm³/mol. The van der Waals surface area contributed by atoms with Crippen LogP contribution in [-0.2, 0) is 0 Å². The summed E-state index contributed by atoms with van der Waals surface area (Å²) in [4.78, 5) is 11.2. The largest absolute Gasteiger partial charge is 0.457 e. The van der Waals surface area contributed by atoms with Crippen LogP contribution in [-0.4, -0.2) is 5.78 Å². The Morgan fingerprint density at radius 2 is 1.71 bits per heavy atom. The van der Waals surface area contributed by atoms with Gasteiger partial charge in [0.25, 0.3) is 0 Å². The zero-order valence-corrected chi connectivity index (χ0v) is 11.5. The van der Waals surface area contributed by atoms with Crippen molar-refractivity contribution in [2.45, 2.75) is 6.92 Å². The van der Waals surface area contributed by atoms with E-state index in [1.165, 1.54) is 0 Å². The molecule has 0 radical (unpaired) electrons. The molecule has 0 saturated heterocycles. The molecule has 0 N–H and O–H groups in total. The molecule has 0 aliphatic heterocycles. The summed E-state index contributed by atoms with van der Waals surface area (Å²) in [6, 6.07) is 15.0. The molecule has 0 fully saturated rings. The maximum atomic E-state index is 11.2. The van der Waals surface area contributed by atoms with Crippen molar-refractivity contribution in [1.29, 1.82) is 0 Å².